The van der Waals surface area contributed by atoms with E-state index in [1.54, 1.807) is 0 Å². The molecule has 1 fully saturated rings. The van der Waals surface area contributed by atoms with Crippen molar-refractivity contribution in [1.29, 1.82) is 0 Å². The highest BCUT2D eigenvalue weighted by Crippen LogP contribution is 2.30. The van der Waals surface area contributed by atoms with Crippen LogP contribution in [-0.4, -0.2) is 31.1 Å². The number of nitrogens with zero attached hydrogens (tertiary/aromatic N) is 1. The molecule has 0 aromatic heterocycles. The van der Waals surface area contributed by atoms with Crippen LogP contribution < -0.4 is 5.73 Å². The van der Waals surface area contributed by atoms with Gasteiger partial charge < -0.3 is 10.6 Å². The zero-order valence-electron chi connectivity index (χ0n) is 11.7. The van der Waals surface area contributed by atoms with Gasteiger partial charge in [-0.25, -0.2) is 0 Å². The van der Waals surface area contributed by atoms with Gasteiger partial charge in [-0.1, -0.05) is 27.7 Å². The summed E-state index contributed by atoms with van der Waals surface area (Å²) in [5, 5.41) is 0. The average Bonchev–Trinajstić information content (AvgIpc) is 2.45. The van der Waals surface area contributed by atoms with Crippen molar-refractivity contribution in [2.24, 2.45) is 16.6 Å². The maximum absolute atomic E-state index is 5.63. The van der Waals surface area contributed by atoms with Crippen LogP contribution in [0.25, 0.3) is 0 Å². The molecule has 2 N–H and O–H groups in total. The Hall–Kier alpha value is -0.0800. The average molecular weight is 226 g/mol. The summed E-state index contributed by atoms with van der Waals surface area (Å²) in [4.78, 5) is 2.62. The van der Waals surface area contributed by atoms with Crippen molar-refractivity contribution in [2.45, 2.75) is 53.4 Å². The SMILES string of the molecule is CC(C)(CCN)CCCN1CCC(C)(C)C1. The second kappa shape index (κ2) is 5.50. The molecule has 96 valence electrons. The Kier molecular flexibility index (Phi) is 4.81. The van der Waals surface area contributed by atoms with Gasteiger partial charge in [0.15, 0.2) is 0 Å². The van der Waals surface area contributed by atoms with Crippen LogP contribution >= 0.6 is 0 Å². The van der Waals surface area contributed by atoms with E-state index in [-0.39, 0.29) is 0 Å². The molecule has 0 radical (unpaired) electrons. The lowest BCUT2D eigenvalue weighted by molar-refractivity contribution is 0.248. The van der Waals surface area contributed by atoms with E-state index in [2.05, 4.69) is 32.6 Å². The molecule has 0 aliphatic carbocycles. The lowest BCUT2D eigenvalue weighted by atomic mass is 9.84. The summed E-state index contributed by atoms with van der Waals surface area (Å²) >= 11 is 0. The smallest absolute Gasteiger partial charge is 0.00332 e. The summed E-state index contributed by atoms with van der Waals surface area (Å²) in [6, 6.07) is 0. The molecule has 1 saturated heterocycles. The molecule has 1 aliphatic rings. The maximum atomic E-state index is 5.63. The van der Waals surface area contributed by atoms with Crippen molar-refractivity contribution >= 4 is 0 Å². The van der Waals surface area contributed by atoms with Gasteiger partial charge in [0.2, 0.25) is 0 Å². The first-order valence-electron chi connectivity index (χ1n) is 6.77. The Morgan fingerprint density at radius 2 is 1.94 bits per heavy atom. The van der Waals surface area contributed by atoms with Crippen molar-refractivity contribution in [1.82, 2.24) is 4.90 Å². The third-order valence-corrected chi connectivity index (χ3v) is 3.91. The summed E-state index contributed by atoms with van der Waals surface area (Å²) in [5.74, 6) is 0. The molecule has 1 aliphatic heterocycles. The second-order valence-corrected chi connectivity index (χ2v) is 7.00. The third-order valence-electron chi connectivity index (χ3n) is 3.91. The van der Waals surface area contributed by atoms with Crippen molar-refractivity contribution in [2.75, 3.05) is 26.2 Å². The van der Waals surface area contributed by atoms with Gasteiger partial charge in [-0.15, -0.1) is 0 Å². The van der Waals surface area contributed by atoms with Crippen LogP contribution in [0.15, 0.2) is 0 Å². The third kappa shape index (κ3) is 4.84. The van der Waals surface area contributed by atoms with Crippen molar-refractivity contribution < 1.29 is 0 Å². The highest BCUT2D eigenvalue weighted by molar-refractivity contribution is 4.82. The number of hydrogen-bond donors (Lipinski definition) is 1. The predicted molar refractivity (Wildman–Crippen MR) is 71.5 cm³/mol. The molecule has 0 amide bonds. The topological polar surface area (TPSA) is 29.3 Å². The Balaban J connectivity index is 2.17. The highest BCUT2D eigenvalue weighted by atomic mass is 15.1. The molecule has 0 aromatic carbocycles. The Morgan fingerprint density at radius 3 is 2.44 bits per heavy atom. The number of hydrogen-bond acceptors (Lipinski definition) is 2. The molecule has 2 nitrogen and oxygen atoms in total. The first-order valence-corrected chi connectivity index (χ1v) is 6.77. The number of nitrogens with two attached hydrogens (primary N) is 1. The molecule has 0 aromatic rings. The Morgan fingerprint density at radius 1 is 1.25 bits per heavy atom. The van der Waals surface area contributed by atoms with Crippen molar-refractivity contribution in [3.63, 3.8) is 0 Å². The van der Waals surface area contributed by atoms with E-state index in [1.807, 2.05) is 0 Å². The van der Waals surface area contributed by atoms with Gasteiger partial charge in [0, 0.05) is 6.54 Å². The molecule has 0 atom stereocenters. The highest BCUT2D eigenvalue weighted by Gasteiger charge is 2.28. The minimum atomic E-state index is 0.435. The van der Waals surface area contributed by atoms with E-state index in [4.69, 9.17) is 5.73 Å². The molecule has 0 bridgehead atoms. The van der Waals surface area contributed by atoms with Gasteiger partial charge in [0.05, 0.1) is 0 Å². The zero-order chi connectivity index (χ0) is 12.2. The van der Waals surface area contributed by atoms with Gasteiger partial charge in [-0.3, -0.25) is 0 Å². The monoisotopic (exact) mass is 226 g/mol. The molecule has 0 saturated carbocycles. The largest absolute Gasteiger partial charge is 0.330 e. The minimum Gasteiger partial charge on any atom is -0.330 e. The van der Waals surface area contributed by atoms with Crippen LogP contribution in [0.5, 0.6) is 0 Å². The van der Waals surface area contributed by atoms with Crippen LogP contribution in [0.1, 0.15) is 53.4 Å². The van der Waals surface area contributed by atoms with Gasteiger partial charge in [0.25, 0.3) is 0 Å². The summed E-state index contributed by atoms with van der Waals surface area (Å²) in [6.45, 7) is 14.1. The molecular weight excluding hydrogens is 196 g/mol. The van der Waals surface area contributed by atoms with E-state index in [0.717, 1.165) is 13.0 Å². The van der Waals surface area contributed by atoms with Crippen molar-refractivity contribution in [3.05, 3.63) is 0 Å². The predicted octanol–water partition coefficient (Wildman–Crippen LogP) is 2.87. The summed E-state index contributed by atoms with van der Waals surface area (Å²) in [7, 11) is 0. The molecule has 1 rings (SSSR count). The molecule has 0 unspecified atom stereocenters. The van der Waals surface area contributed by atoms with Crippen molar-refractivity contribution in [3.8, 4) is 0 Å². The minimum absolute atomic E-state index is 0.435. The normalized spacial score (nSPS) is 21.6. The number of likely N-dealkylation sites (tertiary alicyclic amines) is 1. The summed E-state index contributed by atoms with van der Waals surface area (Å²) in [5.41, 5.74) is 6.62. The van der Waals surface area contributed by atoms with Crippen LogP contribution in [0.2, 0.25) is 0 Å². The van der Waals surface area contributed by atoms with E-state index in [0.29, 0.717) is 10.8 Å². The number of rotatable bonds is 6. The van der Waals surface area contributed by atoms with Gasteiger partial charge >= 0.3 is 0 Å². The molecule has 1 heterocycles. The van der Waals surface area contributed by atoms with Gasteiger partial charge in [-0.2, -0.15) is 0 Å². The first kappa shape index (κ1) is 14.0. The van der Waals surface area contributed by atoms with E-state index in [1.165, 1.54) is 38.9 Å². The first-order chi connectivity index (χ1) is 7.35. The van der Waals surface area contributed by atoms with Gasteiger partial charge in [0.1, 0.15) is 0 Å². The van der Waals surface area contributed by atoms with Crippen LogP contribution in [0.3, 0.4) is 0 Å². The zero-order valence-corrected chi connectivity index (χ0v) is 11.7. The van der Waals surface area contributed by atoms with Crippen LogP contribution in [-0.2, 0) is 0 Å². The molecule has 0 spiro atoms. The molecular formula is C14H30N2. The van der Waals surface area contributed by atoms with E-state index < -0.39 is 0 Å². The standard InChI is InChI=1S/C14H30N2/c1-13(2,7-9-15)6-5-10-16-11-8-14(3,4)12-16/h5-12,15H2,1-4H3. The lowest BCUT2D eigenvalue weighted by Crippen LogP contribution is -2.26. The van der Waals surface area contributed by atoms with Crippen LogP contribution in [0, 0.1) is 10.8 Å². The van der Waals surface area contributed by atoms with E-state index >= 15 is 0 Å². The summed E-state index contributed by atoms with van der Waals surface area (Å²) in [6.07, 6.45) is 5.14. The maximum Gasteiger partial charge on any atom is 0.00332 e. The second-order valence-electron chi connectivity index (χ2n) is 7.00. The van der Waals surface area contributed by atoms with E-state index in [9.17, 15) is 0 Å². The van der Waals surface area contributed by atoms with Crippen LogP contribution in [0.4, 0.5) is 0 Å². The Labute approximate surface area is 102 Å². The fraction of sp³-hybridized carbons (Fsp3) is 1.00. The lowest BCUT2D eigenvalue weighted by Gasteiger charge is -2.25. The summed E-state index contributed by atoms with van der Waals surface area (Å²) < 4.78 is 0. The van der Waals surface area contributed by atoms with Gasteiger partial charge in [-0.05, 0) is 56.1 Å². The Bertz CT molecular complexity index is 209. The quantitative estimate of drug-likeness (QED) is 0.754. The molecule has 16 heavy (non-hydrogen) atoms. The molecule has 2 heteroatoms. The fourth-order valence-electron chi connectivity index (χ4n) is 2.71. The fourth-order valence-corrected chi connectivity index (χ4v) is 2.71.